The minimum absolute atomic E-state index is 0.127. The van der Waals surface area contributed by atoms with Crippen LogP contribution in [0.15, 0.2) is 24.3 Å². The maximum Gasteiger partial charge on any atom is 0.274 e. The van der Waals surface area contributed by atoms with Crippen molar-refractivity contribution in [1.82, 2.24) is 20.3 Å². The Morgan fingerprint density at radius 1 is 1.47 bits per heavy atom. The summed E-state index contributed by atoms with van der Waals surface area (Å²) in [7, 11) is 0. The van der Waals surface area contributed by atoms with Crippen LogP contribution < -0.4 is 5.32 Å². The lowest BCUT2D eigenvalue weighted by atomic mass is 10.3. The molecule has 0 atom stereocenters. The van der Waals surface area contributed by atoms with Crippen molar-refractivity contribution < 1.29 is 9.18 Å². The second-order valence-electron chi connectivity index (χ2n) is 3.80. The van der Waals surface area contributed by atoms with Gasteiger partial charge in [-0.1, -0.05) is 11.1 Å². The van der Waals surface area contributed by atoms with Gasteiger partial charge in [0.15, 0.2) is 5.69 Å². The van der Waals surface area contributed by atoms with Gasteiger partial charge in [0.05, 0.1) is 17.9 Å². The number of hydrogen-bond acceptors (Lipinski definition) is 3. The van der Waals surface area contributed by atoms with Crippen LogP contribution in [0.3, 0.4) is 0 Å². The standard InChI is InChI=1S/C13H11FN4O/c1-3-8-15-13(19)12-9(2)18(17-16-12)11-6-4-10(14)5-7-11/h1,4-7H,8H2,2H3,(H,15,19). The van der Waals surface area contributed by atoms with E-state index < -0.39 is 0 Å². The van der Waals surface area contributed by atoms with Crippen LogP contribution in [0.5, 0.6) is 0 Å². The molecule has 1 aromatic heterocycles. The van der Waals surface area contributed by atoms with Crippen molar-refractivity contribution in [3.8, 4) is 18.0 Å². The molecule has 0 radical (unpaired) electrons. The lowest BCUT2D eigenvalue weighted by Gasteiger charge is -2.03. The molecule has 0 fully saturated rings. The first kappa shape index (κ1) is 12.8. The molecule has 2 aromatic rings. The van der Waals surface area contributed by atoms with Gasteiger partial charge in [-0.15, -0.1) is 11.5 Å². The monoisotopic (exact) mass is 258 g/mol. The van der Waals surface area contributed by atoms with Gasteiger partial charge in [0.1, 0.15) is 5.82 Å². The average molecular weight is 258 g/mol. The summed E-state index contributed by atoms with van der Waals surface area (Å²) in [5, 5.41) is 10.2. The molecule has 0 aliphatic carbocycles. The zero-order chi connectivity index (χ0) is 13.8. The third kappa shape index (κ3) is 2.60. The Morgan fingerprint density at radius 3 is 2.79 bits per heavy atom. The van der Waals surface area contributed by atoms with Gasteiger partial charge in [-0.3, -0.25) is 4.79 Å². The van der Waals surface area contributed by atoms with E-state index in [-0.39, 0.29) is 24.0 Å². The van der Waals surface area contributed by atoms with Crippen LogP contribution >= 0.6 is 0 Å². The molecule has 19 heavy (non-hydrogen) atoms. The highest BCUT2D eigenvalue weighted by molar-refractivity contribution is 5.93. The van der Waals surface area contributed by atoms with Crippen LogP contribution in [0.4, 0.5) is 4.39 Å². The molecule has 1 amide bonds. The lowest BCUT2D eigenvalue weighted by molar-refractivity contribution is 0.0953. The fraction of sp³-hybridized carbons (Fsp3) is 0.154. The summed E-state index contributed by atoms with van der Waals surface area (Å²) in [5.41, 5.74) is 1.38. The molecule has 0 aliphatic rings. The van der Waals surface area contributed by atoms with E-state index in [1.165, 1.54) is 16.8 Å². The fourth-order valence-electron chi connectivity index (χ4n) is 1.58. The summed E-state index contributed by atoms with van der Waals surface area (Å²) in [5.74, 6) is 1.58. The Morgan fingerprint density at radius 2 is 2.16 bits per heavy atom. The first-order chi connectivity index (χ1) is 9.13. The van der Waals surface area contributed by atoms with Gasteiger partial charge in [-0.2, -0.15) is 0 Å². The Bertz CT molecular complexity index is 640. The van der Waals surface area contributed by atoms with E-state index in [0.29, 0.717) is 11.4 Å². The molecule has 0 unspecified atom stereocenters. The zero-order valence-corrected chi connectivity index (χ0v) is 10.2. The Kier molecular flexibility index (Phi) is 3.57. The minimum atomic E-state index is -0.385. The molecule has 1 heterocycles. The second-order valence-corrected chi connectivity index (χ2v) is 3.80. The number of hydrogen-bond donors (Lipinski definition) is 1. The van der Waals surface area contributed by atoms with E-state index in [9.17, 15) is 9.18 Å². The summed E-state index contributed by atoms with van der Waals surface area (Å²) in [4.78, 5) is 11.7. The molecule has 2 rings (SSSR count). The number of terminal acetylenes is 1. The zero-order valence-electron chi connectivity index (χ0n) is 10.2. The van der Waals surface area contributed by atoms with Gasteiger partial charge >= 0.3 is 0 Å². The van der Waals surface area contributed by atoms with Crippen molar-refractivity contribution in [3.05, 3.63) is 41.5 Å². The molecular weight excluding hydrogens is 247 g/mol. The highest BCUT2D eigenvalue weighted by Gasteiger charge is 2.16. The third-order valence-corrected chi connectivity index (χ3v) is 2.53. The van der Waals surface area contributed by atoms with Gasteiger partial charge in [-0.25, -0.2) is 9.07 Å². The maximum absolute atomic E-state index is 12.8. The minimum Gasteiger partial charge on any atom is -0.340 e. The topological polar surface area (TPSA) is 59.8 Å². The molecule has 0 bridgehead atoms. The van der Waals surface area contributed by atoms with Gasteiger partial charge < -0.3 is 5.32 Å². The summed E-state index contributed by atoms with van der Waals surface area (Å²) < 4.78 is 14.3. The highest BCUT2D eigenvalue weighted by atomic mass is 19.1. The molecule has 96 valence electrons. The predicted octanol–water partition coefficient (Wildman–Crippen LogP) is 1.08. The van der Waals surface area contributed by atoms with E-state index in [2.05, 4.69) is 21.5 Å². The van der Waals surface area contributed by atoms with E-state index in [1.807, 2.05) is 0 Å². The van der Waals surface area contributed by atoms with Gasteiger partial charge in [0, 0.05) is 0 Å². The number of carbonyl (C=O) groups is 1. The molecule has 0 saturated carbocycles. The van der Waals surface area contributed by atoms with Crippen molar-refractivity contribution in [2.24, 2.45) is 0 Å². The molecule has 1 N–H and O–H groups in total. The number of amides is 1. The third-order valence-electron chi connectivity index (χ3n) is 2.53. The molecular formula is C13H11FN4O. The van der Waals surface area contributed by atoms with Crippen LogP contribution in [0.2, 0.25) is 0 Å². The van der Waals surface area contributed by atoms with Gasteiger partial charge in [0.25, 0.3) is 5.91 Å². The number of nitrogens with zero attached hydrogens (tertiary/aromatic N) is 3. The Labute approximate surface area is 109 Å². The second kappa shape index (κ2) is 5.31. The lowest BCUT2D eigenvalue weighted by Crippen LogP contribution is -2.24. The summed E-state index contributed by atoms with van der Waals surface area (Å²) >= 11 is 0. The van der Waals surface area contributed by atoms with Crippen molar-refractivity contribution in [2.45, 2.75) is 6.92 Å². The van der Waals surface area contributed by atoms with Crippen molar-refractivity contribution in [3.63, 3.8) is 0 Å². The SMILES string of the molecule is C#CCNC(=O)c1nnn(-c2ccc(F)cc2)c1C. The van der Waals surface area contributed by atoms with Crippen LogP contribution in [-0.2, 0) is 0 Å². The Hall–Kier alpha value is -2.68. The highest BCUT2D eigenvalue weighted by Crippen LogP contribution is 2.12. The van der Waals surface area contributed by atoms with Crippen LogP contribution in [0.1, 0.15) is 16.2 Å². The number of halogens is 1. The first-order valence-corrected chi connectivity index (χ1v) is 5.53. The van der Waals surface area contributed by atoms with Crippen LogP contribution in [0, 0.1) is 25.1 Å². The molecule has 0 saturated heterocycles. The largest absolute Gasteiger partial charge is 0.340 e. The summed E-state index contributed by atoms with van der Waals surface area (Å²) in [6.45, 7) is 1.83. The van der Waals surface area contributed by atoms with E-state index in [4.69, 9.17) is 6.42 Å². The number of carbonyl (C=O) groups excluding carboxylic acids is 1. The summed E-state index contributed by atoms with van der Waals surface area (Å²) in [6, 6.07) is 5.74. The van der Waals surface area contributed by atoms with E-state index in [0.717, 1.165) is 0 Å². The normalized spacial score (nSPS) is 9.95. The number of nitrogens with one attached hydrogen (secondary N) is 1. The quantitative estimate of drug-likeness (QED) is 0.838. The van der Waals surface area contributed by atoms with Crippen LogP contribution in [0.25, 0.3) is 5.69 Å². The van der Waals surface area contributed by atoms with Gasteiger partial charge in [-0.05, 0) is 31.2 Å². The number of benzene rings is 1. The number of aromatic nitrogens is 3. The van der Waals surface area contributed by atoms with E-state index in [1.54, 1.807) is 19.1 Å². The molecule has 1 aromatic carbocycles. The molecule has 0 aliphatic heterocycles. The van der Waals surface area contributed by atoms with E-state index >= 15 is 0 Å². The smallest absolute Gasteiger partial charge is 0.274 e. The van der Waals surface area contributed by atoms with Gasteiger partial charge in [0.2, 0.25) is 0 Å². The molecule has 5 nitrogen and oxygen atoms in total. The van der Waals surface area contributed by atoms with Crippen molar-refractivity contribution in [2.75, 3.05) is 6.54 Å². The first-order valence-electron chi connectivity index (χ1n) is 5.53. The predicted molar refractivity (Wildman–Crippen MR) is 67.2 cm³/mol. The maximum atomic E-state index is 12.8. The number of rotatable bonds is 3. The molecule has 6 heteroatoms. The van der Waals surface area contributed by atoms with Crippen molar-refractivity contribution >= 4 is 5.91 Å². The Balaban J connectivity index is 2.30. The summed E-state index contributed by atoms with van der Waals surface area (Å²) in [6.07, 6.45) is 5.06. The average Bonchev–Trinajstić information content (AvgIpc) is 2.79. The van der Waals surface area contributed by atoms with Crippen molar-refractivity contribution in [1.29, 1.82) is 0 Å². The van der Waals surface area contributed by atoms with Crippen LogP contribution in [-0.4, -0.2) is 27.4 Å². The fourth-order valence-corrected chi connectivity index (χ4v) is 1.58. The molecule has 0 spiro atoms.